The van der Waals surface area contributed by atoms with Crippen molar-refractivity contribution in [3.8, 4) is 0 Å². The number of carbonyl (C=O) groups is 1. The Morgan fingerprint density at radius 3 is 2.39 bits per heavy atom. The Morgan fingerprint density at radius 1 is 1.09 bits per heavy atom. The average Bonchev–Trinajstić information content (AvgIpc) is 2.57. The van der Waals surface area contributed by atoms with Crippen LogP contribution in [-0.4, -0.2) is 91.5 Å². The number of carbonyl (C=O) groups excluding carboxylic acids is 1. The van der Waals surface area contributed by atoms with E-state index in [-0.39, 0.29) is 5.91 Å². The van der Waals surface area contributed by atoms with Crippen LogP contribution in [0.1, 0.15) is 0 Å². The standard InChI is InChI=1S/C16H24ClN5O/c1-19-4-8-22(9-5-19)16(23)13-20-6-10-21(11-7-20)15-3-2-14(17)12-18-15/h2-3,12H,4-11,13H2,1H3. The summed E-state index contributed by atoms with van der Waals surface area (Å²) in [7, 11) is 2.10. The summed E-state index contributed by atoms with van der Waals surface area (Å²) in [6.07, 6.45) is 1.68. The van der Waals surface area contributed by atoms with Crippen molar-refractivity contribution in [3.63, 3.8) is 0 Å². The minimum Gasteiger partial charge on any atom is -0.354 e. The fourth-order valence-electron chi connectivity index (χ4n) is 3.04. The first-order chi connectivity index (χ1) is 11.1. The van der Waals surface area contributed by atoms with E-state index in [2.05, 4.69) is 26.7 Å². The molecule has 3 rings (SSSR count). The molecule has 0 radical (unpaired) electrons. The monoisotopic (exact) mass is 337 g/mol. The minimum atomic E-state index is 0.260. The topological polar surface area (TPSA) is 42.9 Å². The van der Waals surface area contributed by atoms with Crippen LogP contribution in [0.2, 0.25) is 5.02 Å². The van der Waals surface area contributed by atoms with E-state index in [9.17, 15) is 4.79 Å². The highest BCUT2D eigenvalue weighted by Crippen LogP contribution is 2.16. The summed E-state index contributed by atoms with van der Waals surface area (Å²) in [4.78, 5) is 25.5. The highest BCUT2D eigenvalue weighted by atomic mass is 35.5. The third-order valence-corrected chi connectivity index (χ3v) is 4.85. The zero-order valence-corrected chi connectivity index (χ0v) is 14.4. The Bertz CT molecular complexity index is 522. The molecule has 2 saturated heterocycles. The second kappa shape index (κ2) is 7.47. The number of halogens is 1. The molecule has 2 fully saturated rings. The SMILES string of the molecule is CN1CCN(C(=O)CN2CCN(c3ccc(Cl)cn3)CC2)CC1. The molecule has 2 aliphatic heterocycles. The molecule has 1 amide bonds. The molecule has 3 heterocycles. The molecule has 2 aliphatic rings. The Labute approximate surface area is 142 Å². The summed E-state index contributed by atoms with van der Waals surface area (Å²) in [5, 5.41) is 0.658. The van der Waals surface area contributed by atoms with Crippen LogP contribution in [-0.2, 0) is 4.79 Å². The number of piperazine rings is 2. The molecule has 0 spiro atoms. The van der Waals surface area contributed by atoms with Crippen molar-refractivity contribution in [1.82, 2.24) is 19.7 Å². The van der Waals surface area contributed by atoms with Gasteiger partial charge in [0.05, 0.1) is 11.6 Å². The summed E-state index contributed by atoms with van der Waals surface area (Å²) >= 11 is 5.88. The van der Waals surface area contributed by atoms with Crippen LogP contribution in [0.4, 0.5) is 5.82 Å². The third kappa shape index (κ3) is 4.34. The van der Waals surface area contributed by atoms with Crippen LogP contribution in [0.5, 0.6) is 0 Å². The molecule has 23 heavy (non-hydrogen) atoms. The van der Waals surface area contributed by atoms with Crippen molar-refractivity contribution in [2.75, 3.05) is 70.9 Å². The van der Waals surface area contributed by atoms with Crippen LogP contribution >= 0.6 is 11.6 Å². The van der Waals surface area contributed by atoms with Crippen LogP contribution in [0, 0.1) is 0 Å². The lowest BCUT2D eigenvalue weighted by Crippen LogP contribution is -2.53. The molecule has 0 aromatic carbocycles. The zero-order chi connectivity index (χ0) is 16.2. The van der Waals surface area contributed by atoms with Gasteiger partial charge < -0.3 is 14.7 Å². The molecule has 6 nitrogen and oxygen atoms in total. The molecule has 7 heteroatoms. The quantitative estimate of drug-likeness (QED) is 0.809. The van der Waals surface area contributed by atoms with E-state index in [0.29, 0.717) is 11.6 Å². The van der Waals surface area contributed by atoms with E-state index in [4.69, 9.17) is 11.6 Å². The maximum atomic E-state index is 12.4. The summed E-state index contributed by atoms with van der Waals surface area (Å²) in [6.45, 7) is 7.76. The van der Waals surface area contributed by atoms with Crippen LogP contribution < -0.4 is 4.90 Å². The smallest absolute Gasteiger partial charge is 0.236 e. The molecule has 0 atom stereocenters. The fraction of sp³-hybridized carbons (Fsp3) is 0.625. The van der Waals surface area contributed by atoms with Gasteiger partial charge in [0.25, 0.3) is 0 Å². The molecule has 0 N–H and O–H groups in total. The van der Waals surface area contributed by atoms with E-state index >= 15 is 0 Å². The Balaban J connectivity index is 1.45. The number of anilines is 1. The lowest BCUT2D eigenvalue weighted by atomic mass is 10.2. The van der Waals surface area contributed by atoms with Crippen molar-refractivity contribution in [3.05, 3.63) is 23.4 Å². The van der Waals surface area contributed by atoms with Crippen LogP contribution in [0.3, 0.4) is 0 Å². The van der Waals surface area contributed by atoms with Crippen molar-refractivity contribution < 1.29 is 4.79 Å². The van der Waals surface area contributed by atoms with Gasteiger partial charge in [0.15, 0.2) is 0 Å². The highest BCUT2D eigenvalue weighted by molar-refractivity contribution is 6.30. The fourth-order valence-corrected chi connectivity index (χ4v) is 3.15. The molecule has 1 aromatic heterocycles. The third-order valence-electron chi connectivity index (χ3n) is 4.62. The van der Waals surface area contributed by atoms with E-state index in [1.165, 1.54) is 0 Å². The van der Waals surface area contributed by atoms with Gasteiger partial charge in [0.1, 0.15) is 5.82 Å². The maximum absolute atomic E-state index is 12.4. The summed E-state index contributed by atoms with van der Waals surface area (Å²) in [5.41, 5.74) is 0. The van der Waals surface area contributed by atoms with Gasteiger partial charge in [-0.3, -0.25) is 9.69 Å². The second-order valence-electron chi connectivity index (χ2n) is 6.28. The van der Waals surface area contributed by atoms with Gasteiger partial charge in [-0.2, -0.15) is 0 Å². The Hall–Kier alpha value is -1.37. The lowest BCUT2D eigenvalue weighted by molar-refractivity contribution is -0.134. The number of amides is 1. The van der Waals surface area contributed by atoms with Crippen molar-refractivity contribution in [2.45, 2.75) is 0 Å². The normalized spacial score (nSPS) is 20.8. The van der Waals surface area contributed by atoms with E-state index < -0.39 is 0 Å². The number of likely N-dealkylation sites (N-methyl/N-ethyl adjacent to an activating group) is 1. The molecule has 126 valence electrons. The van der Waals surface area contributed by atoms with Gasteiger partial charge in [0.2, 0.25) is 5.91 Å². The number of pyridine rings is 1. The van der Waals surface area contributed by atoms with Gasteiger partial charge in [-0.05, 0) is 19.2 Å². The van der Waals surface area contributed by atoms with Gasteiger partial charge in [-0.25, -0.2) is 4.98 Å². The first kappa shape index (κ1) is 16.5. The van der Waals surface area contributed by atoms with Gasteiger partial charge >= 0.3 is 0 Å². The Kier molecular flexibility index (Phi) is 5.35. The van der Waals surface area contributed by atoms with Crippen LogP contribution in [0.15, 0.2) is 18.3 Å². The summed E-state index contributed by atoms with van der Waals surface area (Å²) in [5.74, 6) is 1.22. The number of rotatable bonds is 3. The molecule has 1 aromatic rings. The zero-order valence-electron chi connectivity index (χ0n) is 13.6. The van der Waals surface area contributed by atoms with Gasteiger partial charge in [-0.15, -0.1) is 0 Å². The highest BCUT2D eigenvalue weighted by Gasteiger charge is 2.24. The van der Waals surface area contributed by atoms with E-state index in [0.717, 1.165) is 58.2 Å². The predicted molar refractivity (Wildman–Crippen MR) is 92.0 cm³/mol. The molecular weight excluding hydrogens is 314 g/mol. The second-order valence-corrected chi connectivity index (χ2v) is 6.72. The molecular formula is C16H24ClN5O. The molecule has 0 aliphatic carbocycles. The number of nitrogens with zero attached hydrogens (tertiary/aromatic N) is 5. The number of hydrogen-bond donors (Lipinski definition) is 0. The average molecular weight is 338 g/mol. The van der Waals surface area contributed by atoms with Crippen molar-refractivity contribution in [1.29, 1.82) is 0 Å². The lowest BCUT2D eigenvalue weighted by Gasteiger charge is -2.37. The molecule has 0 unspecified atom stereocenters. The van der Waals surface area contributed by atoms with Crippen molar-refractivity contribution in [2.24, 2.45) is 0 Å². The summed E-state index contributed by atoms with van der Waals surface area (Å²) in [6, 6.07) is 3.82. The van der Waals surface area contributed by atoms with Crippen LogP contribution in [0.25, 0.3) is 0 Å². The minimum absolute atomic E-state index is 0.260. The number of aromatic nitrogens is 1. The predicted octanol–water partition coefficient (Wildman–Crippen LogP) is 0.631. The molecule has 0 saturated carbocycles. The number of hydrogen-bond acceptors (Lipinski definition) is 5. The van der Waals surface area contributed by atoms with E-state index in [1.807, 2.05) is 17.0 Å². The van der Waals surface area contributed by atoms with Crippen molar-refractivity contribution >= 4 is 23.3 Å². The summed E-state index contributed by atoms with van der Waals surface area (Å²) < 4.78 is 0. The largest absolute Gasteiger partial charge is 0.354 e. The maximum Gasteiger partial charge on any atom is 0.236 e. The molecule has 0 bridgehead atoms. The Morgan fingerprint density at radius 2 is 1.78 bits per heavy atom. The van der Waals surface area contributed by atoms with E-state index in [1.54, 1.807) is 6.20 Å². The van der Waals surface area contributed by atoms with Gasteiger partial charge in [0, 0.05) is 58.6 Å². The first-order valence-electron chi connectivity index (χ1n) is 8.17. The van der Waals surface area contributed by atoms with Gasteiger partial charge in [-0.1, -0.05) is 11.6 Å². The first-order valence-corrected chi connectivity index (χ1v) is 8.55.